The van der Waals surface area contributed by atoms with Crippen molar-refractivity contribution in [1.29, 1.82) is 0 Å². The Labute approximate surface area is 196 Å². The second kappa shape index (κ2) is 7.98. The first-order chi connectivity index (χ1) is 16.2. The Hall–Kier alpha value is -3.76. The van der Waals surface area contributed by atoms with Crippen LogP contribution in [0.3, 0.4) is 0 Å². The first-order valence-electron chi connectivity index (χ1n) is 10.1. The number of ether oxygens (including phenoxy) is 2. The number of carbonyl (C=O) groups is 1. The quantitative estimate of drug-likeness (QED) is 0.380. The smallest absolute Gasteiger partial charge is 0.354 e. The first kappa shape index (κ1) is 19.9. The Kier molecular flexibility index (Phi) is 4.81. The van der Waals surface area contributed by atoms with E-state index in [1.54, 1.807) is 4.68 Å². The molecule has 6 rings (SSSR count). The lowest BCUT2D eigenvalue weighted by Gasteiger charge is -2.07. The topological polar surface area (TPSA) is 99.4 Å². The molecule has 0 spiro atoms. The van der Waals surface area contributed by atoms with Gasteiger partial charge in [-0.15, -0.1) is 11.3 Å². The summed E-state index contributed by atoms with van der Waals surface area (Å²) in [6.45, 7) is 0.484. The molecular formula is C23H16N4O4S2. The Balaban J connectivity index is 1.45. The van der Waals surface area contributed by atoms with Crippen molar-refractivity contribution in [2.24, 2.45) is 0 Å². The largest absolute Gasteiger partial charge is 0.477 e. The molecule has 1 aliphatic heterocycles. The fourth-order valence-electron chi connectivity index (χ4n) is 3.99. The zero-order chi connectivity index (χ0) is 22.4. The number of rotatable bonds is 6. The highest BCUT2D eigenvalue weighted by Gasteiger charge is 2.25. The Morgan fingerprint density at radius 2 is 1.88 bits per heavy atom. The predicted octanol–water partition coefficient (Wildman–Crippen LogP) is 4.68. The highest BCUT2D eigenvalue weighted by atomic mass is 32.1. The highest BCUT2D eigenvalue weighted by Crippen LogP contribution is 2.34. The van der Waals surface area contributed by atoms with E-state index in [2.05, 4.69) is 8.75 Å². The van der Waals surface area contributed by atoms with Crippen molar-refractivity contribution >= 4 is 40.1 Å². The average Bonchev–Trinajstić information content (AvgIpc) is 3.59. The highest BCUT2D eigenvalue weighted by molar-refractivity contribution is 7.13. The zero-order valence-corrected chi connectivity index (χ0v) is 18.7. The summed E-state index contributed by atoms with van der Waals surface area (Å²) in [5, 5.41) is 16.9. The third-order valence-electron chi connectivity index (χ3n) is 5.48. The fourth-order valence-corrected chi connectivity index (χ4v) is 5.24. The lowest BCUT2D eigenvalue weighted by atomic mass is 10.0. The van der Waals surface area contributed by atoms with E-state index in [0.29, 0.717) is 35.7 Å². The van der Waals surface area contributed by atoms with Crippen LogP contribution in [0.15, 0.2) is 53.9 Å². The van der Waals surface area contributed by atoms with Crippen molar-refractivity contribution in [3.05, 3.63) is 76.3 Å². The van der Waals surface area contributed by atoms with Crippen molar-refractivity contribution in [2.45, 2.75) is 13.0 Å². The number of nitrogens with zero attached hydrogens (tertiary/aromatic N) is 4. The lowest BCUT2D eigenvalue weighted by molar-refractivity contribution is 0.0683. The molecule has 1 aliphatic rings. The van der Waals surface area contributed by atoms with Gasteiger partial charge in [0.2, 0.25) is 6.79 Å². The van der Waals surface area contributed by atoms with Crippen LogP contribution in [-0.4, -0.2) is 36.4 Å². The number of carboxylic acid groups (broad SMARTS) is 1. The van der Waals surface area contributed by atoms with Gasteiger partial charge in [-0.25, -0.2) is 4.79 Å². The summed E-state index contributed by atoms with van der Waals surface area (Å²) in [5.41, 5.74) is 5.00. The van der Waals surface area contributed by atoms with Crippen LogP contribution in [0, 0.1) is 0 Å². The summed E-state index contributed by atoms with van der Waals surface area (Å²) in [4.78, 5) is 13.4. The molecule has 10 heteroatoms. The van der Waals surface area contributed by atoms with Crippen LogP contribution in [-0.2, 0) is 13.0 Å². The van der Waals surface area contributed by atoms with Crippen molar-refractivity contribution in [3.8, 4) is 22.1 Å². The monoisotopic (exact) mass is 476 g/mol. The van der Waals surface area contributed by atoms with Crippen LogP contribution in [0.4, 0.5) is 0 Å². The number of thiophene rings is 1. The van der Waals surface area contributed by atoms with Gasteiger partial charge in [0.15, 0.2) is 17.2 Å². The molecular weight excluding hydrogens is 460 g/mol. The number of aromatic carboxylic acids is 1. The van der Waals surface area contributed by atoms with Crippen LogP contribution < -0.4 is 9.47 Å². The molecule has 0 aliphatic carbocycles. The van der Waals surface area contributed by atoms with Gasteiger partial charge in [0, 0.05) is 12.0 Å². The van der Waals surface area contributed by atoms with E-state index < -0.39 is 5.97 Å². The van der Waals surface area contributed by atoms with Gasteiger partial charge in [-0.2, -0.15) is 13.8 Å². The number of hydrogen-bond acceptors (Lipinski definition) is 8. The zero-order valence-electron chi connectivity index (χ0n) is 17.1. The maximum absolute atomic E-state index is 12.4. The molecule has 0 saturated carbocycles. The summed E-state index contributed by atoms with van der Waals surface area (Å²) >= 11 is 2.70. The van der Waals surface area contributed by atoms with Crippen LogP contribution >= 0.6 is 23.1 Å². The van der Waals surface area contributed by atoms with Crippen LogP contribution in [0.5, 0.6) is 11.5 Å². The minimum absolute atomic E-state index is 0.174. The van der Waals surface area contributed by atoms with Gasteiger partial charge in [-0.05, 0) is 46.8 Å². The molecule has 0 fully saturated rings. The van der Waals surface area contributed by atoms with Crippen molar-refractivity contribution in [3.63, 3.8) is 0 Å². The van der Waals surface area contributed by atoms with Crippen LogP contribution in [0.2, 0.25) is 0 Å². The van der Waals surface area contributed by atoms with Crippen molar-refractivity contribution in [1.82, 2.24) is 18.5 Å². The van der Waals surface area contributed by atoms with E-state index in [1.807, 2.05) is 53.9 Å². The summed E-state index contributed by atoms with van der Waals surface area (Å²) in [5.74, 6) is 0.322. The number of fused-ring (bicyclic) bond motifs is 2. The van der Waals surface area contributed by atoms with E-state index in [1.165, 1.54) is 11.3 Å². The fraction of sp³-hybridized carbons (Fsp3) is 0.130. The van der Waals surface area contributed by atoms with Gasteiger partial charge >= 0.3 is 5.97 Å². The van der Waals surface area contributed by atoms with Gasteiger partial charge in [0.05, 0.1) is 23.2 Å². The molecule has 0 radical (unpaired) electrons. The number of benzene rings is 2. The molecule has 0 atom stereocenters. The maximum Gasteiger partial charge on any atom is 0.354 e. The molecule has 3 aromatic heterocycles. The molecule has 0 saturated heterocycles. The van der Waals surface area contributed by atoms with Crippen molar-refractivity contribution in [2.75, 3.05) is 6.79 Å². The molecule has 164 valence electrons. The minimum Gasteiger partial charge on any atom is -0.477 e. The van der Waals surface area contributed by atoms with Crippen molar-refractivity contribution < 1.29 is 19.4 Å². The molecule has 33 heavy (non-hydrogen) atoms. The normalized spacial score (nSPS) is 12.5. The molecule has 8 nitrogen and oxygen atoms in total. The molecule has 4 heterocycles. The second-order valence-electron chi connectivity index (χ2n) is 7.57. The maximum atomic E-state index is 12.4. The summed E-state index contributed by atoms with van der Waals surface area (Å²) in [6, 6.07) is 15.3. The molecule has 0 amide bonds. The Morgan fingerprint density at radius 3 is 2.73 bits per heavy atom. The summed E-state index contributed by atoms with van der Waals surface area (Å²) in [7, 11) is 0. The van der Waals surface area contributed by atoms with Crippen LogP contribution in [0.1, 0.15) is 27.2 Å². The Bertz CT molecular complexity index is 1490. The van der Waals surface area contributed by atoms with Crippen LogP contribution in [0.25, 0.3) is 21.6 Å². The average molecular weight is 477 g/mol. The van der Waals surface area contributed by atoms with E-state index in [-0.39, 0.29) is 12.5 Å². The molecule has 2 aromatic carbocycles. The van der Waals surface area contributed by atoms with E-state index in [0.717, 1.165) is 38.8 Å². The molecule has 1 N–H and O–H groups in total. The molecule has 5 aromatic rings. The van der Waals surface area contributed by atoms with Gasteiger partial charge in [-0.1, -0.05) is 18.2 Å². The minimum atomic E-state index is -1.02. The Morgan fingerprint density at radius 1 is 1.03 bits per heavy atom. The molecule has 0 bridgehead atoms. The number of hydrogen-bond donors (Lipinski definition) is 1. The number of aromatic nitrogens is 4. The molecule has 0 unspecified atom stereocenters. The second-order valence-corrected chi connectivity index (χ2v) is 9.04. The third-order valence-corrected chi connectivity index (χ3v) is 6.91. The third kappa shape index (κ3) is 3.62. The SMILES string of the molecule is O=C(O)c1c(Cc2ccc3nsnc3c2)c(-c2cccs2)nn1Cc1ccc2c(c1)OCO2. The van der Waals surface area contributed by atoms with E-state index in [4.69, 9.17) is 14.6 Å². The van der Waals surface area contributed by atoms with Gasteiger partial charge in [0.25, 0.3) is 0 Å². The van der Waals surface area contributed by atoms with Gasteiger partial charge in [-0.3, -0.25) is 4.68 Å². The van der Waals surface area contributed by atoms with E-state index >= 15 is 0 Å². The summed E-state index contributed by atoms with van der Waals surface area (Å²) in [6.07, 6.45) is 0.420. The van der Waals surface area contributed by atoms with Gasteiger partial charge in [0.1, 0.15) is 16.7 Å². The lowest BCUT2D eigenvalue weighted by Crippen LogP contribution is -2.13. The van der Waals surface area contributed by atoms with Gasteiger partial charge < -0.3 is 14.6 Å². The first-order valence-corrected chi connectivity index (χ1v) is 11.7. The predicted molar refractivity (Wildman–Crippen MR) is 124 cm³/mol. The van der Waals surface area contributed by atoms with E-state index in [9.17, 15) is 9.90 Å². The summed E-state index contributed by atoms with van der Waals surface area (Å²) < 4.78 is 21.0. The number of carboxylic acids is 1. The standard InChI is InChI=1S/C23H16N4O4S2/c28-23(29)22-15(8-13-3-5-16-17(9-13)26-33-25-16)21(20-2-1-7-32-20)24-27(22)11-14-4-6-18-19(10-14)31-12-30-18/h1-7,9-10H,8,11-12H2,(H,28,29).